The summed E-state index contributed by atoms with van der Waals surface area (Å²) in [5.41, 5.74) is 2.40. The maximum absolute atomic E-state index is 4.66. The second kappa shape index (κ2) is 5.41. The molecular weight excluding hydrogens is 308 g/mol. The van der Waals surface area contributed by atoms with Crippen LogP contribution >= 0.6 is 27.3 Å². The number of thiazole rings is 1. The van der Waals surface area contributed by atoms with Crippen molar-refractivity contribution < 1.29 is 0 Å². The van der Waals surface area contributed by atoms with Crippen LogP contribution in [-0.4, -0.2) is 4.98 Å². The minimum Gasteiger partial charge on any atom is -0.378 e. The standard InChI is InChI=1S/C14H17BrN2S/c1-14(2,3)12-9-18-13(17-12)8-16-11-6-4-5-10(15)7-11/h4-7,9,16H,8H2,1-3H3. The Bertz CT molecular complexity index is 529. The van der Waals surface area contributed by atoms with Crippen molar-refractivity contribution in [3.05, 3.63) is 44.8 Å². The molecule has 96 valence electrons. The Labute approximate surface area is 121 Å². The van der Waals surface area contributed by atoms with E-state index in [-0.39, 0.29) is 5.41 Å². The highest BCUT2D eigenvalue weighted by Gasteiger charge is 2.17. The maximum atomic E-state index is 4.66. The van der Waals surface area contributed by atoms with Gasteiger partial charge in [0.05, 0.1) is 12.2 Å². The van der Waals surface area contributed by atoms with Crippen LogP contribution in [0.4, 0.5) is 5.69 Å². The number of nitrogens with one attached hydrogen (secondary N) is 1. The van der Waals surface area contributed by atoms with Crippen molar-refractivity contribution in [2.75, 3.05) is 5.32 Å². The third kappa shape index (κ3) is 3.56. The van der Waals surface area contributed by atoms with Gasteiger partial charge in [-0.15, -0.1) is 11.3 Å². The van der Waals surface area contributed by atoms with Crippen LogP contribution in [0.15, 0.2) is 34.1 Å². The van der Waals surface area contributed by atoms with Crippen molar-refractivity contribution in [1.29, 1.82) is 0 Å². The van der Waals surface area contributed by atoms with Gasteiger partial charge in [0.2, 0.25) is 0 Å². The molecule has 1 heterocycles. The summed E-state index contributed by atoms with van der Waals surface area (Å²) >= 11 is 5.18. The van der Waals surface area contributed by atoms with Crippen molar-refractivity contribution in [2.45, 2.75) is 32.7 Å². The molecule has 1 aromatic heterocycles. The van der Waals surface area contributed by atoms with Crippen LogP contribution in [-0.2, 0) is 12.0 Å². The third-order valence-electron chi connectivity index (χ3n) is 2.59. The molecule has 0 saturated heterocycles. The molecule has 0 aliphatic heterocycles. The fraction of sp³-hybridized carbons (Fsp3) is 0.357. The zero-order chi connectivity index (χ0) is 13.2. The first-order valence-electron chi connectivity index (χ1n) is 5.89. The fourth-order valence-electron chi connectivity index (χ4n) is 1.51. The average molecular weight is 325 g/mol. The molecule has 2 rings (SSSR count). The molecule has 2 aromatic rings. The largest absolute Gasteiger partial charge is 0.378 e. The minimum absolute atomic E-state index is 0.129. The summed E-state index contributed by atoms with van der Waals surface area (Å²) < 4.78 is 1.09. The maximum Gasteiger partial charge on any atom is 0.112 e. The molecule has 0 radical (unpaired) electrons. The first kappa shape index (κ1) is 13.6. The molecular formula is C14H17BrN2S. The summed E-state index contributed by atoms with van der Waals surface area (Å²) in [7, 11) is 0. The highest BCUT2D eigenvalue weighted by molar-refractivity contribution is 9.10. The van der Waals surface area contributed by atoms with E-state index in [1.54, 1.807) is 11.3 Å². The summed E-state index contributed by atoms with van der Waals surface area (Å²) in [6.45, 7) is 7.34. The molecule has 0 bridgehead atoms. The smallest absolute Gasteiger partial charge is 0.112 e. The van der Waals surface area contributed by atoms with E-state index in [9.17, 15) is 0 Å². The quantitative estimate of drug-likeness (QED) is 0.875. The average Bonchev–Trinajstić information content (AvgIpc) is 2.74. The van der Waals surface area contributed by atoms with Gasteiger partial charge < -0.3 is 5.32 Å². The zero-order valence-electron chi connectivity index (χ0n) is 10.8. The summed E-state index contributed by atoms with van der Waals surface area (Å²) in [6.07, 6.45) is 0. The molecule has 0 atom stereocenters. The molecule has 0 aliphatic carbocycles. The fourth-order valence-corrected chi connectivity index (χ4v) is 2.87. The Morgan fingerprint density at radius 1 is 1.33 bits per heavy atom. The number of rotatable bonds is 3. The van der Waals surface area contributed by atoms with Gasteiger partial charge in [-0.25, -0.2) is 4.98 Å². The molecule has 0 spiro atoms. The molecule has 4 heteroatoms. The van der Waals surface area contributed by atoms with Gasteiger partial charge in [0.25, 0.3) is 0 Å². The predicted octanol–water partition coefficient (Wildman–Crippen LogP) is 4.82. The number of aromatic nitrogens is 1. The van der Waals surface area contributed by atoms with E-state index in [2.05, 4.69) is 64.5 Å². The molecule has 2 nitrogen and oxygen atoms in total. The van der Waals surface area contributed by atoms with Crippen LogP contribution in [0.3, 0.4) is 0 Å². The normalized spacial score (nSPS) is 11.6. The van der Waals surface area contributed by atoms with Gasteiger partial charge in [0, 0.05) is 21.0 Å². The molecule has 0 unspecified atom stereocenters. The molecule has 1 aromatic carbocycles. The first-order chi connectivity index (χ1) is 8.45. The number of benzene rings is 1. The van der Waals surface area contributed by atoms with Crippen molar-refractivity contribution in [1.82, 2.24) is 4.98 Å². The molecule has 0 fully saturated rings. The Kier molecular flexibility index (Phi) is 4.07. The van der Waals surface area contributed by atoms with Gasteiger partial charge in [-0.3, -0.25) is 0 Å². The van der Waals surface area contributed by atoms with E-state index in [4.69, 9.17) is 0 Å². The lowest BCUT2D eigenvalue weighted by Crippen LogP contribution is -2.11. The van der Waals surface area contributed by atoms with Gasteiger partial charge >= 0.3 is 0 Å². The van der Waals surface area contributed by atoms with Gasteiger partial charge in [-0.05, 0) is 18.2 Å². The van der Waals surface area contributed by atoms with E-state index in [0.29, 0.717) is 0 Å². The van der Waals surface area contributed by atoms with Crippen molar-refractivity contribution in [2.24, 2.45) is 0 Å². The summed E-state index contributed by atoms with van der Waals surface area (Å²) in [5, 5.41) is 6.66. The number of anilines is 1. The Balaban J connectivity index is 2.01. The minimum atomic E-state index is 0.129. The summed E-state index contributed by atoms with van der Waals surface area (Å²) in [4.78, 5) is 4.66. The lowest BCUT2D eigenvalue weighted by molar-refractivity contribution is 0.571. The van der Waals surface area contributed by atoms with Gasteiger partial charge in [-0.2, -0.15) is 0 Å². The second-order valence-electron chi connectivity index (χ2n) is 5.24. The van der Waals surface area contributed by atoms with E-state index in [1.807, 2.05) is 12.1 Å². The molecule has 0 saturated carbocycles. The number of hydrogen-bond donors (Lipinski definition) is 1. The molecule has 0 amide bonds. The first-order valence-corrected chi connectivity index (χ1v) is 7.57. The van der Waals surface area contributed by atoms with Crippen LogP contribution in [0.2, 0.25) is 0 Å². The second-order valence-corrected chi connectivity index (χ2v) is 7.10. The van der Waals surface area contributed by atoms with Gasteiger partial charge in [-0.1, -0.05) is 42.8 Å². The zero-order valence-corrected chi connectivity index (χ0v) is 13.2. The molecule has 0 aliphatic rings. The number of halogens is 1. The SMILES string of the molecule is CC(C)(C)c1csc(CNc2cccc(Br)c2)n1. The highest BCUT2D eigenvalue weighted by Crippen LogP contribution is 2.24. The summed E-state index contributed by atoms with van der Waals surface area (Å²) in [5.74, 6) is 0. The van der Waals surface area contributed by atoms with Crippen LogP contribution in [0.1, 0.15) is 31.5 Å². The van der Waals surface area contributed by atoms with Gasteiger partial charge in [0.1, 0.15) is 5.01 Å². The van der Waals surface area contributed by atoms with Crippen molar-refractivity contribution in [3.8, 4) is 0 Å². The van der Waals surface area contributed by atoms with E-state index >= 15 is 0 Å². The van der Waals surface area contributed by atoms with Crippen LogP contribution in [0.5, 0.6) is 0 Å². The molecule has 1 N–H and O–H groups in total. The van der Waals surface area contributed by atoms with Crippen LogP contribution in [0, 0.1) is 0 Å². The monoisotopic (exact) mass is 324 g/mol. The van der Waals surface area contributed by atoms with E-state index in [1.165, 1.54) is 5.69 Å². The number of nitrogens with zero attached hydrogens (tertiary/aromatic N) is 1. The highest BCUT2D eigenvalue weighted by atomic mass is 79.9. The Morgan fingerprint density at radius 2 is 2.11 bits per heavy atom. The van der Waals surface area contributed by atoms with Gasteiger partial charge in [0.15, 0.2) is 0 Å². The van der Waals surface area contributed by atoms with Crippen LogP contribution in [0.25, 0.3) is 0 Å². The summed E-state index contributed by atoms with van der Waals surface area (Å²) in [6, 6.07) is 8.17. The van der Waals surface area contributed by atoms with Crippen LogP contribution < -0.4 is 5.32 Å². The Hall–Kier alpha value is -0.870. The van der Waals surface area contributed by atoms with Crippen molar-refractivity contribution >= 4 is 33.0 Å². The van der Waals surface area contributed by atoms with E-state index < -0.39 is 0 Å². The Morgan fingerprint density at radius 3 is 2.72 bits per heavy atom. The topological polar surface area (TPSA) is 24.9 Å². The predicted molar refractivity (Wildman–Crippen MR) is 82.3 cm³/mol. The van der Waals surface area contributed by atoms with E-state index in [0.717, 1.165) is 21.7 Å². The molecule has 18 heavy (non-hydrogen) atoms. The van der Waals surface area contributed by atoms with Crippen molar-refractivity contribution in [3.63, 3.8) is 0 Å². The lowest BCUT2D eigenvalue weighted by atomic mass is 9.93. The number of hydrogen-bond acceptors (Lipinski definition) is 3. The lowest BCUT2D eigenvalue weighted by Gasteiger charge is -2.14. The third-order valence-corrected chi connectivity index (χ3v) is 3.93.